The van der Waals surface area contributed by atoms with Crippen LogP contribution < -0.4 is 5.32 Å². The van der Waals surface area contributed by atoms with E-state index in [2.05, 4.69) is 5.32 Å². The molecule has 1 aliphatic rings. The largest absolute Gasteiger partial charge is 0.337 e. The summed E-state index contributed by atoms with van der Waals surface area (Å²) >= 11 is 11.7. The Morgan fingerprint density at radius 2 is 2.00 bits per heavy atom. The van der Waals surface area contributed by atoms with Gasteiger partial charge >= 0.3 is 0 Å². The van der Waals surface area contributed by atoms with Gasteiger partial charge in [0.2, 0.25) is 0 Å². The predicted octanol–water partition coefficient (Wildman–Crippen LogP) is 2.43. The van der Waals surface area contributed by atoms with Crippen LogP contribution in [-0.2, 0) is 0 Å². The van der Waals surface area contributed by atoms with Gasteiger partial charge in [-0.1, -0.05) is 23.2 Å². The first-order chi connectivity index (χ1) is 8.18. The van der Waals surface area contributed by atoms with E-state index in [1.54, 1.807) is 18.2 Å². The maximum atomic E-state index is 12.2. The molecule has 2 rings (SSSR count). The van der Waals surface area contributed by atoms with E-state index in [1.807, 2.05) is 4.90 Å². The lowest BCUT2D eigenvalue weighted by molar-refractivity contribution is 0.0766. The second kappa shape index (κ2) is 5.71. The minimum Gasteiger partial charge on any atom is -0.337 e. The third-order valence-electron chi connectivity index (χ3n) is 2.79. The Kier molecular flexibility index (Phi) is 4.26. The van der Waals surface area contributed by atoms with Gasteiger partial charge in [-0.25, -0.2) is 0 Å². The Morgan fingerprint density at radius 3 is 2.76 bits per heavy atom. The lowest BCUT2D eigenvalue weighted by Gasteiger charge is -2.20. The molecule has 1 amide bonds. The van der Waals surface area contributed by atoms with Gasteiger partial charge in [0.05, 0.1) is 10.0 Å². The third kappa shape index (κ3) is 3.12. The van der Waals surface area contributed by atoms with Crippen molar-refractivity contribution in [2.24, 2.45) is 0 Å². The van der Waals surface area contributed by atoms with Crippen LogP contribution in [0, 0.1) is 0 Å². The third-order valence-corrected chi connectivity index (χ3v) is 3.53. The van der Waals surface area contributed by atoms with E-state index in [9.17, 15) is 4.79 Å². The molecular formula is C12H14Cl2N2O. The summed E-state index contributed by atoms with van der Waals surface area (Å²) in [6, 6.07) is 5.01. The highest BCUT2D eigenvalue weighted by molar-refractivity contribution is 6.42. The van der Waals surface area contributed by atoms with Crippen LogP contribution in [0.5, 0.6) is 0 Å². The molecule has 17 heavy (non-hydrogen) atoms. The van der Waals surface area contributed by atoms with Crippen molar-refractivity contribution in [3.05, 3.63) is 33.8 Å². The van der Waals surface area contributed by atoms with Crippen molar-refractivity contribution in [2.45, 2.75) is 6.42 Å². The Hall–Kier alpha value is -0.770. The minimum absolute atomic E-state index is 0.0206. The highest BCUT2D eigenvalue weighted by Gasteiger charge is 2.17. The first kappa shape index (κ1) is 12.7. The molecule has 1 aromatic rings. The van der Waals surface area contributed by atoms with Crippen LogP contribution in [0.3, 0.4) is 0 Å². The molecule has 0 aromatic heterocycles. The molecule has 1 saturated heterocycles. The lowest BCUT2D eigenvalue weighted by Crippen LogP contribution is -2.34. The number of nitrogens with zero attached hydrogens (tertiary/aromatic N) is 1. The molecule has 1 aliphatic heterocycles. The van der Waals surface area contributed by atoms with Crippen LogP contribution in [-0.4, -0.2) is 37.0 Å². The maximum absolute atomic E-state index is 12.2. The van der Waals surface area contributed by atoms with Crippen molar-refractivity contribution in [3.63, 3.8) is 0 Å². The molecule has 1 N–H and O–H groups in total. The van der Waals surface area contributed by atoms with Gasteiger partial charge in [0, 0.05) is 25.2 Å². The zero-order valence-electron chi connectivity index (χ0n) is 9.38. The van der Waals surface area contributed by atoms with Gasteiger partial charge in [0.1, 0.15) is 0 Å². The Balaban J connectivity index is 2.14. The molecule has 3 nitrogen and oxygen atoms in total. The Morgan fingerprint density at radius 1 is 1.18 bits per heavy atom. The topological polar surface area (TPSA) is 32.3 Å². The maximum Gasteiger partial charge on any atom is 0.253 e. The van der Waals surface area contributed by atoms with E-state index in [-0.39, 0.29) is 5.91 Å². The van der Waals surface area contributed by atoms with Crippen molar-refractivity contribution in [1.82, 2.24) is 10.2 Å². The van der Waals surface area contributed by atoms with E-state index in [0.717, 1.165) is 32.6 Å². The number of hydrogen-bond donors (Lipinski definition) is 1. The molecule has 0 unspecified atom stereocenters. The number of benzene rings is 1. The Bertz CT molecular complexity index is 415. The fourth-order valence-electron chi connectivity index (χ4n) is 1.86. The number of carbonyl (C=O) groups is 1. The highest BCUT2D eigenvalue weighted by Crippen LogP contribution is 2.23. The van der Waals surface area contributed by atoms with E-state index in [0.29, 0.717) is 15.6 Å². The van der Waals surface area contributed by atoms with Gasteiger partial charge in [-0.3, -0.25) is 4.79 Å². The SMILES string of the molecule is O=C(c1ccc(Cl)c(Cl)c1)N1CCCNCC1. The second-order valence-electron chi connectivity index (χ2n) is 4.02. The number of carbonyl (C=O) groups excluding carboxylic acids is 1. The molecule has 0 atom stereocenters. The van der Waals surface area contributed by atoms with Crippen molar-refractivity contribution in [1.29, 1.82) is 0 Å². The number of rotatable bonds is 1. The molecule has 0 aliphatic carbocycles. The van der Waals surface area contributed by atoms with Crippen molar-refractivity contribution in [2.75, 3.05) is 26.2 Å². The normalized spacial score (nSPS) is 16.7. The monoisotopic (exact) mass is 272 g/mol. The zero-order valence-corrected chi connectivity index (χ0v) is 10.9. The van der Waals surface area contributed by atoms with Crippen LogP contribution in [0.1, 0.15) is 16.8 Å². The second-order valence-corrected chi connectivity index (χ2v) is 4.84. The number of halogens is 2. The van der Waals surface area contributed by atoms with E-state index >= 15 is 0 Å². The van der Waals surface area contributed by atoms with Gasteiger partial charge < -0.3 is 10.2 Å². The van der Waals surface area contributed by atoms with Crippen molar-refractivity contribution >= 4 is 29.1 Å². The van der Waals surface area contributed by atoms with Crippen LogP contribution in [0.25, 0.3) is 0 Å². The van der Waals surface area contributed by atoms with Gasteiger partial charge in [-0.05, 0) is 31.2 Å². The van der Waals surface area contributed by atoms with Gasteiger partial charge in [-0.2, -0.15) is 0 Å². The quantitative estimate of drug-likeness (QED) is 0.852. The van der Waals surface area contributed by atoms with Crippen LogP contribution in [0.4, 0.5) is 0 Å². The molecule has 92 valence electrons. The predicted molar refractivity (Wildman–Crippen MR) is 69.9 cm³/mol. The van der Waals surface area contributed by atoms with Crippen LogP contribution in [0.2, 0.25) is 10.0 Å². The number of amides is 1. The van der Waals surface area contributed by atoms with Crippen LogP contribution >= 0.6 is 23.2 Å². The average Bonchev–Trinajstić information content (AvgIpc) is 2.60. The van der Waals surface area contributed by atoms with Crippen molar-refractivity contribution in [3.8, 4) is 0 Å². The Labute approximate surface area is 111 Å². The first-order valence-electron chi connectivity index (χ1n) is 5.63. The molecule has 1 aromatic carbocycles. The summed E-state index contributed by atoms with van der Waals surface area (Å²) in [6.45, 7) is 3.32. The first-order valence-corrected chi connectivity index (χ1v) is 6.39. The van der Waals surface area contributed by atoms with E-state index in [4.69, 9.17) is 23.2 Å². The highest BCUT2D eigenvalue weighted by atomic mass is 35.5. The summed E-state index contributed by atoms with van der Waals surface area (Å²) in [6.07, 6.45) is 0.979. The number of nitrogens with one attached hydrogen (secondary N) is 1. The minimum atomic E-state index is 0.0206. The zero-order chi connectivity index (χ0) is 12.3. The molecule has 5 heteroatoms. The lowest BCUT2D eigenvalue weighted by atomic mass is 10.2. The fraction of sp³-hybridized carbons (Fsp3) is 0.417. The molecule has 0 spiro atoms. The van der Waals surface area contributed by atoms with Crippen molar-refractivity contribution < 1.29 is 4.79 Å². The molecule has 0 radical (unpaired) electrons. The summed E-state index contributed by atoms with van der Waals surface area (Å²) < 4.78 is 0. The van der Waals surface area contributed by atoms with Gasteiger partial charge in [0.15, 0.2) is 0 Å². The molecule has 1 heterocycles. The smallest absolute Gasteiger partial charge is 0.253 e. The number of hydrogen-bond acceptors (Lipinski definition) is 2. The fourth-order valence-corrected chi connectivity index (χ4v) is 2.16. The summed E-state index contributed by atoms with van der Waals surface area (Å²) in [4.78, 5) is 14.1. The van der Waals surface area contributed by atoms with Gasteiger partial charge in [0.25, 0.3) is 5.91 Å². The molecule has 0 saturated carbocycles. The standard InChI is InChI=1S/C12H14Cl2N2O/c13-10-3-2-9(8-11(10)14)12(17)16-6-1-4-15-5-7-16/h2-3,8,15H,1,4-7H2. The van der Waals surface area contributed by atoms with Crippen LogP contribution in [0.15, 0.2) is 18.2 Å². The summed E-state index contributed by atoms with van der Waals surface area (Å²) in [7, 11) is 0. The molecular weight excluding hydrogens is 259 g/mol. The summed E-state index contributed by atoms with van der Waals surface area (Å²) in [5.41, 5.74) is 0.598. The molecule has 1 fully saturated rings. The van der Waals surface area contributed by atoms with E-state index < -0.39 is 0 Å². The summed E-state index contributed by atoms with van der Waals surface area (Å²) in [5.74, 6) is 0.0206. The van der Waals surface area contributed by atoms with E-state index in [1.165, 1.54) is 0 Å². The molecule has 0 bridgehead atoms. The average molecular weight is 273 g/mol. The summed E-state index contributed by atoms with van der Waals surface area (Å²) in [5, 5.41) is 4.16. The van der Waals surface area contributed by atoms with Gasteiger partial charge in [-0.15, -0.1) is 0 Å².